The number of likely N-dealkylation sites (N-methyl/N-ethyl adjacent to an activating group) is 1. The minimum absolute atomic E-state index is 0.0556. The summed E-state index contributed by atoms with van der Waals surface area (Å²) in [5, 5.41) is 7.31. The maximum absolute atomic E-state index is 11.8. The maximum atomic E-state index is 11.8. The molecule has 1 N–H and O–H groups in total. The van der Waals surface area contributed by atoms with Crippen LogP contribution in [0.1, 0.15) is 13.3 Å². The molecule has 0 aromatic carbocycles. The van der Waals surface area contributed by atoms with Crippen LogP contribution in [-0.4, -0.2) is 37.0 Å². The van der Waals surface area contributed by atoms with Crippen LogP contribution in [0, 0.1) is 0 Å². The van der Waals surface area contributed by atoms with Crippen LogP contribution in [0.25, 0.3) is 0 Å². The Hall–Kier alpha value is -1.36. The highest BCUT2D eigenvalue weighted by atomic mass is 16.1. The minimum Gasteiger partial charge on any atom is -0.376 e. The largest absolute Gasteiger partial charge is 0.376 e. The number of hydrogen-bond acceptors (Lipinski definition) is 4. The lowest BCUT2D eigenvalue weighted by Gasteiger charge is -2.16. The van der Waals surface area contributed by atoms with Gasteiger partial charge in [0.05, 0.1) is 18.4 Å². The molecule has 1 aromatic heterocycles. The highest BCUT2D eigenvalue weighted by Gasteiger charge is 2.07. The van der Waals surface area contributed by atoms with Crippen LogP contribution in [0.15, 0.2) is 17.1 Å². The fraction of sp³-hybridized carbons (Fsp3) is 0.636. The molecule has 0 radical (unpaired) electrons. The van der Waals surface area contributed by atoms with E-state index in [4.69, 9.17) is 0 Å². The van der Waals surface area contributed by atoms with E-state index >= 15 is 0 Å². The number of rotatable bonds is 5. The van der Waals surface area contributed by atoms with Gasteiger partial charge in [0.15, 0.2) is 0 Å². The van der Waals surface area contributed by atoms with Crippen molar-refractivity contribution in [1.82, 2.24) is 15.1 Å². The Balaban J connectivity index is 2.87. The normalized spacial score (nSPS) is 12.5. The van der Waals surface area contributed by atoms with E-state index in [1.165, 1.54) is 4.68 Å². The Kier molecular flexibility index (Phi) is 4.49. The van der Waals surface area contributed by atoms with Crippen LogP contribution in [0.5, 0.6) is 0 Å². The SMILES string of the molecule is CCC(Cn1ncc(N(C)C)cc1=O)NC. The van der Waals surface area contributed by atoms with E-state index in [-0.39, 0.29) is 11.6 Å². The molecule has 1 unspecified atom stereocenters. The molecule has 0 saturated carbocycles. The van der Waals surface area contributed by atoms with Gasteiger partial charge in [0.25, 0.3) is 5.56 Å². The Morgan fingerprint density at radius 2 is 2.25 bits per heavy atom. The molecule has 0 aliphatic heterocycles. The predicted molar refractivity (Wildman–Crippen MR) is 66.0 cm³/mol. The van der Waals surface area contributed by atoms with Crippen molar-refractivity contribution < 1.29 is 0 Å². The number of hydrogen-bond donors (Lipinski definition) is 1. The van der Waals surface area contributed by atoms with Gasteiger partial charge in [0.2, 0.25) is 0 Å². The molecular weight excluding hydrogens is 204 g/mol. The lowest BCUT2D eigenvalue weighted by Crippen LogP contribution is -2.35. The monoisotopic (exact) mass is 224 g/mol. The fourth-order valence-electron chi connectivity index (χ4n) is 1.44. The second-order valence-corrected chi connectivity index (χ2v) is 4.02. The van der Waals surface area contributed by atoms with Crippen LogP contribution in [0.3, 0.4) is 0 Å². The number of nitrogens with zero attached hydrogens (tertiary/aromatic N) is 3. The molecule has 1 aromatic rings. The van der Waals surface area contributed by atoms with Gasteiger partial charge in [-0.25, -0.2) is 4.68 Å². The number of aromatic nitrogens is 2. The summed E-state index contributed by atoms with van der Waals surface area (Å²) >= 11 is 0. The maximum Gasteiger partial charge on any atom is 0.268 e. The molecule has 0 bridgehead atoms. The first-order chi connectivity index (χ1) is 7.58. The Morgan fingerprint density at radius 1 is 1.56 bits per heavy atom. The van der Waals surface area contributed by atoms with Crippen molar-refractivity contribution in [2.24, 2.45) is 0 Å². The smallest absolute Gasteiger partial charge is 0.268 e. The summed E-state index contributed by atoms with van der Waals surface area (Å²) in [5.41, 5.74) is 0.777. The van der Waals surface area contributed by atoms with Crippen LogP contribution in [0.2, 0.25) is 0 Å². The van der Waals surface area contributed by atoms with E-state index in [0.29, 0.717) is 6.54 Å². The van der Waals surface area contributed by atoms with E-state index in [2.05, 4.69) is 17.3 Å². The molecule has 5 nitrogen and oxygen atoms in total. The summed E-state index contributed by atoms with van der Waals surface area (Å²) in [6.45, 7) is 2.69. The molecule has 90 valence electrons. The quantitative estimate of drug-likeness (QED) is 0.782. The Morgan fingerprint density at radius 3 is 2.69 bits per heavy atom. The molecule has 5 heteroatoms. The molecule has 1 heterocycles. The standard InChI is InChI=1S/C11H20N4O/c1-5-9(12-2)8-15-11(16)6-10(7-13-15)14(3)4/h6-7,9,12H,5,8H2,1-4H3. The van der Waals surface area contributed by atoms with Crippen LogP contribution in [0.4, 0.5) is 5.69 Å². The zero-order valence-corrected chi connectivity index (χ0v) is 10.4. The van der Waals surface area contributed by atoms with Gasteiger partial charge in [-0.15, -0.1) is 0 Å². The van der Waals surface area contributed by atoms with Gasteiger partial charge in [-0.2, -0.15) is 5.10 Å². The van der Waals surface area contributed by atoms with Crippen molar-refractivity contribution in [2.75, 3.05) is 26.0 Å². The Bertz CT molecular complexity index is 382. The van der Waals surface area contributed by atoms with E-state index in [0.717, 1.165) is 12.1 Å². The summed E-state index contributed by atoms with van der Waals surface area (Å²) in [4.78, 5) is 13.6. The lowest BCUT2D eigenvalue weighted by molar-refractivity contribution is 0.429. The molecule has 0 saturated heterocycles. The average molecular weight is 224 g/mol. The van der Waals surface area contributed by atoms with Crippen LogP contribution < -0.4 is 15.8 Å². The molecule has 1 atom stereocenters. The van der Waals surface area contributed by atoms with E-state index in [1.54, 1.807) is 12.3 Å². The highest BCUT2D eigenvalue weighted by Crippen LogP contribution is 2.03. The average Bonchev–Trinajstić information content (AvgIpc) is 2.27. The summed E-state index contributed by atoms with van der Waals surface area (Å²) in [7, 11) is 5.68. The van der Waals surface area contributed by atoms with Gasteiger partial charge in [-0.1, -0.05) is 6.92 Å². The van der Waals surface area contributed by atoms with Crippen molar-refractivity contribution in [2.45, 2.75) is 25.9 Å². The van der Waals surface area contributed by atoms with Gasteiger partial charge in [0, 0.05) is 26.2 Å². The molecule has 0 fully saturated rings. The van der Waals surface area contributed by atoms with Crippen molar-refractivity contribution >= 4 is 5.69 Å². The van der Waals surface area contributed by atoms with Crippen LogP contribution >= 0.6 is 0 Å². The van der Waals surface area contributed by atoms with Crippen molar-refractivity contribution in [1.29, 1.82) is 0 Å². The fourth-order valence-corrected chi connectivity index (χ4v) is 1.44. The predicted octanol–water partition coefficient (Wildman–Crippen LogP) is 0.307. The third-order valence-electron chi connectivity index (χ3n) is 2.67. The molecule has 0 aliphatic rings. The zero-order chi connectivity index (χ0) is 12.1. The van der Waals surface area contributed by atoms with Gasteiger partial charge >= 0.3 is 0 Å². The summed E-state index contributed by atoms with van der Waals surface area (Å²) in [6, 6.07) is 1.89. The lowest BCUT2D eigenvalue weighted by atomic mass is 10.2. The first-order valence-corrected chi connectivity index (χ1v) is 5.50. The molecule has 0 amide bonds. The number of nitrogens with one attached hydrogen (secondary N) is 1. The molecule has 0 aliphatic carbocycles. The summed E-state index contributed by atoms with van der Waals surface area (Å²) in [5.74, 6) is 0. The summed E-state index contributed by atoms with van der Waals surface area (Å²) < 4.78 is 1.50. The van der Waals surface area contributed by atoms with Crippen LogP contribution in [-0.2, 0) is 6.54 Å². The number of anilines is 1. The minimum atomic E-state index is -0.0556. The first-order valence-electron chi connectivity index (χ1n) is 5.50. The molecule has 16 heavy (non-hydrogen) atoms. The topological polar surface area (TPSA) is 50.2 Å². The van der Waals surface area contributed by atoms with E-state index in [1.807, 2.05) is 26.0 Å². The van der Waals surface area contributed by atoms with Gasteiger partial charge < -0.3 is 10.2 Å². The molecular formula is C11H20N4O. The molecule has 0 spiro atoms. The van der Waals surface area contributed by atoms with Crippen molar-refractivity contribution in [3.05, 3.63) is 22.6 Å². The van der Waals surface area contributed by atoms with Gasteiger partial charge in [-0.05, 0) is 13.5 Å². The van der Waals surface area contributed by atoms with E-state index in [9.17, 15) is 4.79 Å². The zero-order valence-electron chi connectivity index (χ0n) is 10.4. The third kappa shape index (κ3) is 3.06. The van der Waals surface area contributed by atoms with Crippen molar-refractivity contribution in [3.8, 4) is 0 Å². The second kappa shape index (κ2) is 5.65. The van der Waals surface area contributed by atoms with Gasteiger partial charge in [0.1, 0.15) is 0 Å². The Labute approximate surface area is 96.1 Å². The summed E-state index contributed by atoms with van der Waals surface area (Å²) in [6.07, 6.45) is 2.68. The van der Waals surface area contributed by atoms with Gasteiger partial charge in [-0.3, -0.25) is 4.79 Å². The molecule has 1 rings (SSSR count). The van der Waals surface area contributed by atoms with Crippen molar-refractivity contribution in [3.63, 3.8) is 0 Å². The third-order valence-corrected chi connectivity index (χ3v) is 2.67. The highest BCUT2D eigenvalue weighted by molar-refractivity contribution is 5.40. The van der Waals surface area contributed by atoms with E-state index < -0.39 is 0 Å². The second-order valence-electron chi connectivity index (χ2n) is 4.02. The first kappa shape index (κ1) is 12.7.